The molecule has 1 heterocycles. The molecule has 2 nitrogen and oxygen atoms in total. The molecule has 3 heteroatoms. The van der Waals surface area contributed by atoms with Crippen LogP contribution in [0.15, 0.2) is 24.3 Å². The molecule has 104 valence electrons. The maximum atomic E-state index is 12.9. The van der Waals surface area contributed by atoms with Crippen LogP contribution in [-0.4, -0.2) is 18.5 Å². The number of halogens is 1. The third-order valence-electron chi connectivity index (χ3n) is 3.98. The first-order chi connectivity index (χ1) is 9.00. The number of benzene rings is 1. The summed E-state index contributed by atoms with van der Waals surface area (Å²) in [6.45, 7) is 4.62. The fourth-order valence-corrected chi connectivity index (χ4v) is 2.50. The van der Waals surface area contributed by atoms with Crippen molar-refractivity contribution in [2.75, 3.05) is 6.61 Å². The molecule has 0 aromatic heterocycles. The Kier molecular flexibility index (Phi) is 4.35. The van der Waals surface area contributed by atoms with Crippen LogP contribution in [0.25, 0.3) is 0 Å². The van der Waals surface area contributed by atoms with Crippen molar-refractivity contribution >= 4 is 5.78 Å². The number of rotatable bonds is 5. The van der Waals surface area contributed by atoms with Gasteiger partial charge < -0.3 is 4.74 Å². The van der Waals surface area contributed by atoms with Gasteiger partial charge in [-0.2, -0.15) is 0 Å². The molecule has 0 radical (unpaired) electrons. The fourth-order valence-electron chi connectivity index (χ4n) is 2.50. The van der Waals surface area contributed by atoms with Crippen LogP contribution in [0, 0.1) is 5.82 Å². The molecule has 0 N–H and O–H groups in total. The average molecular weight is 264 g/mol. The van der Waals surface area contributed by atoms with Crippen LogP contribution in [0.3, 0.4) is 0 Å². The van der Waals surface area contributed by atoms with Gasteiger partial charge in [-0.15, -0.1) is 0 Å². The van der Waals surface area contributed by atoms with E-state index >= 15 is 0 Å². The summed E-state index contributed by atoms with van der Waals surface area (Å²) in [4.78, 5) is 12.4. The zero-order chi connectivity index (χ0) is 13.9. The second-order valence-corrected chi connectivity index (χ2v) is 5.73. The summed E-state index contributed by atoms with van der Waals surface area (Å²) in [5.74, 6) is -0.0824. The van der Waals surface area contributed by atoms with E-state index in [0.717, 1.165) is 31.4 Å². The monoisotopic (exact) mass is 264 g/mol. The zero-order valence-electron chi connectivity index (χ0n) is 11.6. The minimum atomic E-state index is -0.563. The highest BCUT2D eigenvalue weighted by atomic mass is 19.1. The number of carbonyl (C=O) groups excluding carboxylic acids is 1. The van der Waals surface area contributed by atoms with Crippen molar-refractivity contribution in [2.24, 2.45) is 0 Å². The highest BCUT2D eigenvalue weighted by Crippen LogP contribution is 2.27. The Labute approximate surface area is 114 Å². The summed E-state index contributed by atoms with van der Waals surface area (Å²) < 4.78 is 18.5. The fraction of sp³-hybridized carbons (Fsp3) is 0.562. The van der Waals surface area contributed by atoms with Crippen LogP contribution in [0.2, 0.25) is 0 Å². The average Bonchev–Trinajstić information content (AvgIpc) is 2.89. The minimum absolute atomic E-state index is 0.189. The van der Waals surface area contributed by atoms with Gasteiger partial charge >= 0.3 is 0 Å². The van der Waals surface area contributed by atoms with Crippen molar-refractivity contribution in [1.82, 2.24) is 0 Å². The van der Waals surface area contributed by atoms with E-state index in [1.54, 1.807) is 12.1 Å². The Bertz CT molecular complexity index is 431. The Morgan fingerprint density at radius 3 is 2.63 bits per heavy atom. The molecular weight excluding hydrogens is 243 g/mol. The molecule has 0 amide bonds. The van der Waals surface area contributed by atoms with E-state index in [2.05, 4.69) is 0 Å². The summed E-state index contributed by atoms with van der Waals surface area (Å²) in [6.07, 6.45) is 3.72. The lowest BCUT2D eigenvalue weighted by Gasteiger charge is -2.24. The molecule has 0 bridgehead atoms. The molecule has 1 fully saturated rings. The van der Waals surface area contributed by atoms with Crippen molar-refractivity contribution < 1.29 is 13.9 Å². The normalized spacial score (nSPS) is 19.6. The van der Waals surface area contributed by atoms with Crippen LogP contribution >= 0.6 is 0 Å². The molecule has 0 aliphatic carbocycles. The molecule has 1 aliphatic heterocycles. The molecule has 1 aliphatic rings. The Balaban J connectivity index is 1.97. The van der Waals surface area contributed by atoms with Crippen LogP contribution in [0.4, 0.5) is 4.39 Å². The van der Waals surface area contributed by atoms with E-state index in [1.807, 2.05) is 13.8 Å². The summed E-state index contributed by atoms with van der Waals surface area (Å²) >= 11 is 0. The maximum absolute atomic E-state index is 12.9. The van der Waals surface area contributed by atoms with Gasteiger partial charge in [-0.05, 0) is 50.8 Å². The summed E-state index contributed by atoms with van der Waals surface area (Å²) in [5, 5.41) is 0. The lowest BCUT2D eigenvalue weighted by molar-refractivity contribution is -0.124. The molecule has 0 saturated carbocycles. The second-order valence-electron chi connectivity index (χ2n) is 5.73. The first-order valence-electron chi connectivity index (χ1n) is 6.91. The Morgan fingerprint density at radius 1 is 1.37 bits per heavy atom. The molecular formula is C16H21FO2. The van der Waals surface area contributed by atoms with Gasteiger partial charge in [0.15, 0.2) is 0 Å². The lowest BCUT2D eigenvalue weighted by atomic mass is 9.78. The van der Waals surface area contributed by atoms with Gasteiger partial charge in [0.2, 0.25) is 0 Å². The summed E-state index contributed by atoms with van der Waals surface area (Å²) in [7, 11) is 0. The molecule has 0 spiro atoms. The maximum Gasteiger partial charge on any atom is 0.142 e. The molecule has 1 aromatic rings. The number of Topliss-reactive ketones (excluding diaryl/α,β-unsaturated/α-hetero) is 1. The minimum Gasteiger partial charge on any atom is -0.378 e. The Hall–Kier alpha value is -1.22. The van der Waals surface area contributed by atoms with E-state index in [9.17, 15) is 9.18 Å². The number of ether oxygens (including phenoxy) is 1. The van der Waals surface area contributed by atoms with Gasteiger partial charge in [-0.25, -0.2) is 4.39 Å². The van der Waals surface area contributed by atoms with Gasteiger partial charge in [0.1, 0.15) is 11.6 Å². The second kappa shape index (κ2) is 5.83. The van der Waals surface area contributed by atoms with E-state index in [-0.39, 0.29) is 17.7 Å². The van der Waals surface area contributed by atoms with Crippen molar-refractivity contribution in [2.45, 2.75) is 51.0 Å². The highest BCUT2D eigenvalue weighted by Gasteiger charge is 2.30. The van der Waals surface area contributed by atoms with E-state index < -0.39 is 5.41 Å². The molecule has 1 aromatic carbocycles. The predicted octanol–water partition coefficient (Wildman–Crippen LogP) is 3.63. The standard InChI is InChI=1S/C16H21FO2/c1-16(2,12-5-7-13(17)8-6-12)15(18)10-9-14-4-3-11-19-14/h5-8,14H,3-4,9-11H2,1-2H3. The largest absolute Gasteiger partial charge is 0.378 e. The first kappa shape index (κ1) is 14.2. The number of hydrogen-bond acceptors (Lipinski definition) is 2. The summed E-state index contributed by atoms with van der Waals surface area (Å²) in [6, 6.07) is 6.20. The SMILES string of the molecule is CC(C)(C(=O)CCC1CCCO1)c1ccc(F)cc1. The smallest absolute Gasteiger partial charge is 0.142 e. The lowest BCUT2D eigenvalue weighted by Crippen LogP contribution is -2.29. The highest BCUT2D eigenvalue weighted by molar-refractivity contribution is 5.89. The third-order valence-corrected chi connectivity index (χ3v) is 3.98. The van der Waals surface area contributed by atoms with Crippen molar-refractivity contribution in [3.63, 3.8) is 0 Å². The molecule has 1 unspecified atom stereocenters. The number of carbonyl (C=O) groups is 1. The third kappa shape index (κ3) is 3.41. The number of ketones is 1. The number of hydrogen-bond donors (Lipinski definition) is 0. The van der Waals surface area contributed by atoms with E-state index in [1.165, 1.54) is 12.1 Å². The van der Waals surface area contributed by atoms with Crippen LogP contribution < -0.4 is 0 Å². The van der Waals surface area contributed by atoms with Gasteiger partial charge in [0.25, 0.3) is 0 Å². The van der Waals surface area contributed by atoms with Gasteiger partial charge in [0, 0.05) is 18.4 Å². The molecule has 1 saturated heterocycles. The molecule has 2 rings (SSSR count). The van der Waals surface area contributed by atoms with Gasteiger partial charge in [-0.3, -0.25) is 4.79 Å². The van der Waals surface area contributed by atoms with Crippen molar-refractivity contribution in [3.8, 4) is 0 Å². The predicted molar refractivity (Wildman–Crippen MR) is 72.6 cm³/mol. The van der Waals surface area contributed by atoms with Gasteiger partial charge in [0.05, 0.1) is 6.10 Å². The topological polar surface area (TPSA) is 26.3 Å². The Morgan fingerprint density at radius 2 is 2.05 bits per heavy atom. The van der Waals surface area contributed by atoms with Crippen LogP contribution in [0.1, 0.15) is 45.1 Å². The first-order valence-corrected chi connectivity index (χ1v) is 6.91. The summed E-state index contributed by atoms with van der Waals surface area (Å²) in [5.41, 5.74) is 0.304. The molecule has 19 heavy (non-hydrogen) atoms. The van der Waals surface area contributed by atoms with Crippen LogP contribution in [-0.2, 0) is 14.9 Å². The van der Waals surface area contributed by atoms with E-state index in [0.29, 0.717) is 6.42 Å². The van der Waals surface area contributed by atoms with Gasteiger partial charge in [-0.1, -0.05) is 12.1 Å². The van der Waals surface area contributed by atoms with Crippen molar-refractivity contribution in [1.29, 1.82) is 0 Å². The van der Waals surface area contributed by atoms with Crippen LogP contribution in [0.5, 0.6) is 0 Å². The molecule has 1 atom stereocenters. The quantitative estimate of drug-likeness (QED) is 0.811. The zero-order valence-corrected chi connectivity index (χ0v) is 11.6. The van der Waals surface area contributed by atoms with E-state index in [4.69, 9.17) is 4.74 Å². The van der Waals surface area contributed by atoms with Crippen molar-refractivity contribution in [3.05, 3.63) is 35.6 Å².